The van der Waals surface area contributed by atoms with E-state index in [2.05, 4.69) is 5.32 Å². The molecule has 114 valence electrons. The Bertz CT molecular complexity index is 542. The zero-order valence-electron chi connectivity index (χ0n) is 11.4. The summed E-state index contributed by atoms with van der Waals surface area (Å²) in [6.45, 7) is 0.506. The van der Waals surface area contributed by atoms with Gasteiger partial charge in [0.1, 0.15) is 0 Å². The lowest BCUT2D eigenvalue weighted by Gasteiger charge is -2.25. The van der Waals surface area contributed by atoms with Crippen LogP contribution in [0, 0.1) is 16.0 Å². The number of hydrogen-bond acceptors (Lipinski definition) is 4. The largest absolute Gasteiger partial charge is 0.393 e. The highest BCUT2D eigenvalue weighted by Crippen LogP contribution is 2.24. The lowest BCUT2D eigenvalue weighted by Crippen LogP contribution is -2.32. The van der Waals surface area contributed by atoms with Gasteiger partial charge in [0.25, 0.3) is 11.6 Å². The van der Waals surface area contributed by atoms with Gasteiger partial charge in [-0.05, 0) is 37.7 Å². The van der Waals surface area contributed by atoms with Crippen LogP contribution in [0.5, 0.6) is 0 Å². The van der Waals surface area contributed by atoms with Gasteiger partial charge in [-0.15, -0.1) is 0 Å². The summed E-state index contributed by atoms with van der Waals surface area (Å²) in [7, 11) is 0. The fourth-order valence-corrected chi connectivity index (χ4v) is 2.73. The van der Waals surface area contributed by atoms with E-state index in [1.807, 2.05) is 0 Å². The number of benzene rings is 1. The third-order valence-corrected chi connectivity index (χ3v) is 3.94. The number of carbonyl (C=O) groups excluding carboxylic acids is 1. The molecule has 0 saturated heterocycles. The molecule has 21 heavy (non-hydrogen) atoms. The number of nitro groups is 1. The molecule has 2 rings (SSSR count). The van der Waals surface area contributed by atoms with Crippen molar-refractivity contribution in [1.29, 1.82) is 0 Å². The molecule has 0 heterocycles. The van der Waals surface area contributed by atoms with Gasteiger partial charge in [-0.2, -0.15) is 0 Å². The summed E-state index contributed by atoms with van der Waals surface area (Å²) in [6.07, 6.45) is 3.02. The van der Waals surface area contributed by atoms with Gasteiger partial charge in [-0.25, -0.2) is 0 Å². The summed E-state index contributed by atoms with van der Waals surface area (Å²) in [6, 6.07) is 3.83. The summed E-state index contributed by atoms with van der Waals surface area (Å²) >= 11 is 5.79. The molecular formula is C14H17ClN2O4. The zero-order chi connectivity index (χ0) is 15.4. The van der Waals surface area contributed by atoms with E-state index in [0.29, 0.717) is 12.5 Å². The van der Waals surface area contributed by atoms with Crippen LogP contribution >= 0.6 is 11.6 Å². The van der Waals surface area contributed by atoms with E-state index in [9.17, 15) is 20.0 Å². The summed E-state index contributed by atoms with van der Waals surface area (Å²) in [5, 5.41) is 23.1. The Morgan fingerprint density at radius 2 is 2.00 bits per heavy atom. The molecule has 6 nitrogen and oxygen atoms in total. The van der Waals surface area contributed by atoms with Crippen LogP contribution in [-0.2, 0) is 0 Å². The Morgan fingerprint density at radius 3 is 2.62 bits per heavy atom. The van der Waals surface area contributed by atoms with Crippen molar-refractivity contribution in [3.63, 3.8) is 0 Å². The van der Waals surface area contributed by atoms with Crippen molar-refractivity contribution in [3.05, 3.63) is 38.9 Å². The summed E-state index contributed by atoms with van der Waals surface area (Å²) in [5.41, 5.74) is -0.0153. The molecule has 0 bridgehead atoms. The molecule has 0 spiro atoms. The number of nitro benzene ring substituents is 1. The molecule has 0 aromatic heterocycles. The molecule has 0 aliphatic heterocycles. The minimum absolute atomic E-state index is 0.162. The van der Waals surface area contributed by atoms with Crippen LogP contribution in [-0.4, -0.2) is 28.6 Å². The smallest absolute Gasteiger partial charge is 0.271 e. The van der Waals surface area contributed by atoms with Gasteiger partial charge < -0.3 is 10.4 Å². The van der Waals surface area contributed by atoms with Crippen LogP contribution < -0.4 is 5.32 Å². The summed E-state index contributed by atoms with van der Waals surface area (Å²) in [4.78, 5) is 22.2. The van der Waals surface area contributed by atoms with Crippen LogP contribution in [0.3, 0.4) is 0 Å². The van der Waals surface area contributed by atoms with Crippen molar-refractivity contribution in [2.45, 2.75) is 31.8 Å². The number of nitrogens with zero attached hydrogens (tertiary/aromatic N) is 1. The standard InChI is InChI=1S/C14H17ClN2O4/c15-11-5-10(6-12(7-11)17(20)21)14(19)16-8-9-1-3-13(18)4-2-9/h5-7,9,13,18H,1-4,8H2,(H,16,19). The second kappa shape index (κ2) is 6.87. The van der Waals surface area contributed by atoms with Gasteiger partial charge in [0, 0.05) is 29.3 Å². The Morgan fingerprint density at radius 1 is 1.33 bits per heavy atom. The highest BCUT2D eigenvalue weighted by molar-refractivity contribution is 6.31. The average molecular weight is 313 g/mol. The highest BCUT2D eigenvalue weighted by Gasteiger charge is 2.20. The molecule has 7 heteroatoms. The number of rotatable bonds is 4. The number of nitrogens with one attached hydrogen (secondary N) is 1. The van der Waals surface area contributed by atoms with Gasteiger partial charge in [0.2, 0.25) is 0 Å². The minimum atomic E-state index is -0.578. The summed E-state index contributed by atoms with van der Waals surface area (Å²) < 4.78 is 0. The number of carbonyl (C=O) groups is 1. The van der Waals surface area contributed by atoms with Crippen molar-refractivity contribution in [2.75, 3.05) is 6.54 Å². The molecule has 0 atom stereocenters. The first-order valence-corrected chi connectivity index (χ1v) is 7.24. The number of halogens is 1. The fraction of sp³-hybridized carbons (Fsp3) is 0.500. The van der Waals surface area contributed by atoms with E-state index in [1.54, 1.807) is 0 Å². The van der Waals surface area contributed by atoms with E-state index in [1.165, 1.54) is 18.2 Å². The number of non-ortho nitro benzene ring substituents is 1. The van der Waals surface area contributed by atoms with Crippen molar-refractivity contribution in [2.24, 2.45) is 5.92 Å². The van der Waals surface area contributed by atoms with E-state index in [-0.39, 0.29) is 28.3 Å². The van der Waals surface area contributed by atoms with Crippen LogP contribution in [0.4, 0.5) is 5.69 Å². The Kier molecular flexibility index (Phi) is 5.14. The molecule has 1 aromatic carbocycles. The molecule has 2 N–H and O–H groups in total. The zero-order valence-corrected chi connectivity index (χ0v) is 12.2. The van der Waals surface area contributed by atoms with E-state index < -0.39 is 4.92 Å². The van der Waals surface area contributed by atoms with E-state index in [4.69, 9.17) is 11.6 Å². The molecule has 1 saturated carbocycles. The average Bonchev–Trinajstić information content (AvgIpc) is 2.45. The van der Waals surface area contributed by atoms with Crippen molar-refractivity contribution < 1.29 is 14.8 Å². The predicted octanol–water partition coefficient (Wildman–Crippen LogP) is 2.53. The number of aliphatic hydroxyl groups is 1. The van der Waals surface area contributed by atoms with Crippen LogP contribution in [0.1, 0.15) is 36.0 Å². The van der Waals surface area contributed by atoms with Gasteiger partial charge in [-0.3, -0.25) is 14.9 Å². The van der Waals surface area contributed by atoms with E-state index >= 15 is 0 Å². The van der Waals surface area contributed by atoms with Crippen molar-refractivity contribution in [1.82, 2.24) is 5.32 Å². The predicted molar refractivity (Wildman–Crippen MR) is 78.4 cm³/mol. The monoisotopic (exact) mass is 312 g/mol. The lowest BCUT2D eigenvalue weighted by molar-refractivity contribution is -0.384. The quantitative estimate of drug-likeness (QED) is 0.660. The SMILES string of the molecule is O=C(NCC1CCC(O)CC1)c1cc(Cl)cc([N+](=O)[O-])c1. The van der Waals surface area contributed by atoms with Gasteiger partial charge >= 0.3 is 0 Å². The molecule has 1 aliphatic rings. The third kappa shape index (κ3) is 4.41. The Labute approximate surface area is 127 Å². The van der Waals surface area contributed by atoms with Crippen molar-refractivity contribution >= 4 is 23.2 Å². The van der Waals surface area contributed by atoms with Crippen LogP contribution in [0.2, 0.25) is 5.02 Å². The first-order valence-electron chi connectivity index (χ1n) is 6.87. The lowest BCUT2D eigenvalue weighted by atomic mass is 9.87. The molecule has 1 aromatic rings. The van der Waals surface area contributed by atoms with Gasteiger partial charge in [0.05, 0.1) is 11.0 Å². The first kappa shape index (κ1) is 15.7. The second-order valence-electron chi connectivity index (χ2n) is 5.34. The van der Waals surface area contributed by atoms with Gasteiger partial charge in [-0.1, -0.05) is 11.6 Å². The highest BCUT2D eigenvalue weighted by atomic mass is 35.5. The maximum absolute atomic E-state index is 12.0. The normalized spacial score (nSPS) is 21.8. The fourth-order valence-electron chi connectivity index (χ4n) is 2.50. The molecule has 0 radical (unpaired) electrons. The van der Waals surface area contributed by atoms with E-state index in [0.717, 1.165) is 25.7 Å². The van der Waals surface area contributed by atoms with Crippen LogP contribution in [0.15, 0.2) is 18.2 Å². The molecule has 1 fully saturated rings. The maximum atomic E-state index is 12.0. The van der Waals surface area contributed by atoms with Crippen LogP contribution in [0.25, 0.3) is 0 Å². The first-order chi connectivity index (χ1) is 9.95. The molecule has 1 amide bonds. The van der Waals surface area contributed by atoms with Crippen molar-refractivity contribution in [3.8, 4) is 0 Å². The van der Waals surface area contributed by atoms with Gasteiger partial charge in [0.15, 0.2) is 0 Å². The number of hydrogen-bond donors (Lipinski definition) is 2. The maximum Gasteiger partial charge on any atom is 0.271 e. The third-order valence-electron chi connectivity index (χ3n) is 3.72. The molecule has 0 unspecified atom stereocenters. The summed E-state index contributed by atoms with van der Waals surface area (Å²) in [5.74, 6) is -0.0294. The topological polar surface area (TPSA) is 92.5 Å². The molecular weight excluding hydrogens is 296 g/mol. The number of amides is 1. The minimum Gasteiger partial charge on any atom is -0.393 e. The Balaban J connectivity index is 1.95. The Hall–Kier alpha value is -1.66. The molecule has 1 aliphatic carbocycles. The number of aliphatic hydroxyl groups excluding tert-OH is 1. The second-order valence-corrected chi connectivity index (χ2v) is 5.78.